The van der Waals surface area contributed by atoms with Crippen LogP contribution in [0.25, 0.3) is 22.5 Å². The summed E-state index contributed by atoms with van der Waals surface area (Å²) in [5, 5.41) is 30.9. The maximum absolute atomic E-state index is 12.3. The van der Waals surface area contributed by atoms with Gasteiger partial charge >= 0.3 is 6.03 Å². The quantitative estimate of drug-likeness (QED) is 0.284. The molecule has 4 aromatic rings. The molecule has 32 heavy (non-hydrogen) atoms. The molecule has 0 saturated carbocycles. The molecule has 0 spiro atoms. The molecule has 0 bridgehead atoms. The first-order chi connectivity index (χ1) is 15.4. The van der Waals surface area contributed by atoms with E-state index in [-0.39, 0.29) is 11.4 Å². The van der Waals surface area contributed by atoms with E-state index in [9.17, 15) is 25.0 Å². The molecule has 0 unspecified atom stereocenters. The SMILES string of the molecule is O=C(Nc1nc(-c2ccc([N+](=O)[O-])cc2)cs1)Nc1nc(-c2ccc([N+](=O)[O-])cc2)cs1. The van der Waals surface area contributed by atoms with Crippen LogP contribution in [0.5, 0.6) is 0 Å². The zero-order valence-electron chi connectivity index (χ0n) is 15.9. The fourth-order valence-corrected chi connectivity index (χ4v) is 4.09. The highest BCUT2D eigenvalue weighted by atomic mass is 32.1. The minimum Gasteiger partial charge on any atom is -0.283 e. The Bertz CT molecular complexity index is 1200. The molecule has 2 aromatic heterocycles. The van der Waals surface area contributed by atoms with Crippen molar-refractivity contribution in [3.05, 3.63) is 79.5 Å². The molecule has 13 heteroatoms. The van der Waals surface area contributed by atoms with Gasteiger partial charge in [-0.2, -0.15) is 0 Å². The van der Waals surface area contributed by atoms with E-state index < -0.39 is 15.9 Å². The summed E-state index contributed by atoms with van der Waals surface area (Å²) in [6.45, 7) is 0. The Labute approximate surface area is 187 Å². The van der Waals surface area contributed by atoms with Crippen molar-refractivity contribution in [3.63, 3.8) is 0 Å². The lowest BCUT2D eigenvalue weighted by Gasteiger charge is -2.02. The molecular formula is C19H12N6O5S2. The molecule has 0 saturated heterocycles. The number of anilines is 2. The second kappa shape index (κ2) is 8.87. The number of aromatic nitrogens is 2. The number of thiazole rings is 2. The normalized spacial score (nSPS) is 10.5. The Hall–Kier alpha value is -4.23. The van der Waals surface area contributed by atoms with Gasteiger partial charge < -0.3 is 0 Å². The van der Waals surface area contributed by atoms with Gasteiger partial charge in [0.2, 0.25) is 0 Å². The third-order valence-corrected chi connectivity index (χ3v) is 5.71. The summed E-state index contributed by atoms with van der Waals surface area (Å²) in [6, 6.07) is 11.4. The molecule has 0 fully saturated rings. The number of urea groups is 1. The van der Waals surface area contributed by atoms with Crippen LogP contribution in [0, 0.1) is 20.2 Å². The summed E-state index contributed by atoms with van der Waals surface area (Å²) in [6.07, 6.45) is 0. The Morgan fingerprint density at radius 2 is 1.09 bits per heavy atom. The topological polar surface area (TPSA) is 153 Å². The van der Waals surface area contributed by atoms with Crippen molar-refractivity contribution >= 4 is 50.3 Å². The minimum atomic E-state index is -0.529. The predicted molar refractivity (Wildman–Crippen MR) is 121 cm³/mol. The molecule has 0 radical (unpaired) electrons. The van der Waals surface area contributed by atoms with Crippen molar-refractivity contribution in [1.29, 1.82) is 0 Å². The van der Waals surface area contributed by atoms with E-state index in [1.54, 1.807) is 35.0 Å². The monoisotopic (exact) mass is 468 g/mol. The second-order valence-electron chi connectivity index (χ2n) is 6.26. The minimum absolute atomic E-state index is 0.0155. The number of nitrogens with one attached hydrogen (secondary N) is 2. The molecule has 2 N–H and O–H groups in total. The van der Waals surface area contributed by atoms with E-state index in [2.05, 4.69) is 20.6 Å². The van der Waals surface area contributed by atoms with E-state index in [0.29, 0.717) is 32.8 Å². The highest BCUT2D eigenvalue weighted by molar-refractivity contribution is 7.14. The number of benzene rings is 2. The maximum atomic E-state index is 12.3. The number of amides is 2. The number of carbonyl (C=O) groups is 1. The molecule has 0 aliphatic rings. The average Bonchev–Trinajstić information content (AvgIpc) is 3.43. The Morgan fingerprint density at radius 3 is 1.44 bits per heavy atom. The van der Waals surface area contributed by atoms with Crippen molar-refractivity contribution in [2.24, 2.45) is 0 Å². The van der Waals surface area contributed by atoms with Gasteiger partial charge in [0.1, 0.15) is 0 Å². The van der Waals surface area contributed by atoms with Crippen LogP contribution >= 0.6 is 22.7 Å². The Balaban J connectivity index is 1.38. The van der Waals surface area contributed by atoms with Crippen LogP contribution < -0.4 is 10.6 Å². The van der Waals surface area contributed by atoms with Gasteiger partial charge in [-0.1, -0.05) is 0 Å². The van der Waals surface area contributed by atoms with Gasteiger partial charge in [0.25, 0.3) is 11.4 Å². The summed E-state index contributed by atoms with van der Waals surface area (Å²) in [5.74, 6) is 0. The summed E-state index contributed by atoms with van der Waals surface area (Å²) in [5.41, 5.74) is 2.50. The van der Waals surface area contributed by atoms with Gasteiger partial charge in [-0.25, -0.2) is 14.8 Å². The number of nitro groups is 2. The van der Waals surface area contributed by atoms with Crippen LogP contribution in [0.2, 0.25) is 0 Å². The summed E-state index contributed by atoms with van der Waals surface area (Å²) < 4.78 is 0. The largest absolute Gasteiger partial charge is 0.327 e. The number of hydrogen-bond acceptors (Lipinski definition) is 9. The molecule has 0 aliphatic carbocycles. The van der Waals surface area contributed by atoms with Crippen LogP contribution in [0.3, 0.4) is 0 Å². The first kappa shape index (κ1) is 21.0. The Kier molecular flexibility index (Phi) is 5.83. The lowest BCUT2D eigenvalue weighted by atomic mass is 10.1. The highest BCUT2D eigenvalue weighted by Gasteiger charge is 2.13. The van der Waals surface area contributed by atoms with Crippen LogP contribution in [-0.4, -0.2) is 25.8 Å². The standard InChI is InChI=1S/C19H12N6O5S2/c26-17(22-18-20-15(9-31-18)11-1-5-13(6-2-11)24(27)28)23-19-21-16(10-32-19)12-3-7-14(8-4-12)25(29)30/h1-10H,(H2,20,21,22,23,26). The number of nitrogens with zero attached hydrogens (tertiary/aromatic N) is 4. The van der Waals surface area contributed by atoms with Crippen LogP contribution in [0.15, 0.2) is 59.3 Å². The molecule has 2 heterocycles. The average molecular weight is 468 g/mol. The zero-order chi connectivity index (χ0) is 22.7. The van der Waals surface area contributed by atoms with Crippen molar-refractivity contribution in [3.8, 4) is 22.5 Å². The maximum Gasteiger partial charge on any atom is 0.327 e. The van der Waals surface area contributed by atoms with Crippen LogP contribution in [0.1, 0.15) is 0 Å². The number of carbonyl (C=O) groups excluding carboxylic acids is 1. The molecule has 0 atom stereocenters. The summed E-state index contributed by atoms with van der Waals surface area (Å²) >= 11 is 2.42. The van der Waals surface area contributed by atoms with Gasteiger partial charge in [0, 0.05) is 46.2 Å². The van der Waals surface area contributed by atoms with Gasteiger partial charge in [-0.3, -0.25) is 30.9 Å². The molecule has 160 valence electrons. The fraction of sp³-hybridized carbons (Fsp3) is 0. The van der Waals surface area contributed by atoms with E-state index in [4.69, 9.17) is 0 Å². The van der Waals surface area contributed by atoms with E-state index in [1.165, 1.54) is 46.9 Å². The van der Waals surface area contributed by atoms with Crippen molar-refractivity contribution < 1.29 is 14.6 Å². The fourth-order valence-electron chi connectivity index (χ4n) is 2.66. The third kappa shape index (κ3) is 4.74. The molecule has 0 aliphatic heterocycles. The lowest BCUT2D eigenvalue weighted by Crippen LogP contribution is -2.19. The predicted octanol–water partition coefficient (Wildman–Crippen LogP) is 5.39. The first-order valence-electron chi connectivity index (χ1n) is 8.88. The van der Waals surface area contributed by atoms with E-state index >= 15 is 0 Å². The molecule has 2 amide bonds. The second-order valence-corrected chi connectivity index (χ2v) is 7.98. The van der Waals surface area contributed by atoms with Crippen LogP contribution in [0.4, 0.5) is 26.4 Å². The van der Waals surface area contributed by atoms with E-state index in [0.717, 1.165) is 0 Å². The summed E-state index contributed by atoms with van der Waals surface area (Å²) in [7, 11) is 0. The molecular weight excluding hydrogens is 456 g/mol. The van der Waals surface area contributed by atoms with Crippen molar-refractivity contribution in [2.75, 3.05) is 10.6 Å². The van der Waals surface area contributed by atoms with E-state index in [1.807, 2.05) is 0 Å². The van der Waals surface area contributed by atoms with Gasteiger partial charge in [0.15, 0.2) is 10.3 Å². The highest BCUT2D eigenvalue weighted by Crippen LogP contribution is 2.28. The Morgan fingerprint density at radius 1 is 0.719 bits per heavy atom. The third-order valence-electron chi connectivity index (χ3n) is 4.20. The molecule has 2 aromatic carbocycles. The van der Waals surface area contributed by atoms with Crippen molar-refractivity contribution in [1.82, 2.24) is 9.97 Å². The van der Waals surface area contributed by atoms with Gasteiger partial charge in [-0.15, -0.1) is 22.7 Å². The molecule has 11 nitrogen and oxygen atoms in total. The van der Waals surface area contributed by atoms with Crippen LogP contribution in [-0.2, 0) is 0 Å². The van der Waals surface area contributed by atoms with Crippen molar-refractivity contribution in [2.45, 2.75) is 0 Å². The number of rotatable bonds is 6. The first-order valence-corrected chi connectivity index (χ1v) is 10.6. The number of nitro benzene ring substituents is 2. The smallest absolute Gasteiger partial charge is 0.283 e. The van der Waals surface area contributed by atoms with Gasteiger partial charge in [0.05, 0.1) is 21.2 Å². The zero-order valence-corrected chi connectivity index (χ0v) is 17.6. The van der Waals surface area contributed by atoms with Gasteiger partial charge in [-0.05, 0) is 24.3 Å². The summed E-state index contributed by atoms with van der Waals surface area (Å²) in [4.78, 5) is 41.5. The molecule has 4 rings (SSSR count). The number of non-ortho nitro benzene ring substituents is 2. The lowest BCUT2D eigenvalue weighted by molar-refractivity contribution is -0.385. The number of hydrogen-bond donors (Lipinski definition) is 2.